The zero-order valence-corrected chi connectivity index (χ0v) is 23.4. The predicted molar refractivity (Wildman–Crippen MR) is 151 cm³/mol. The number of nitrogens with two attached hydrogens (primary N) is 1. The zero-order chi connectivity index (χ0) is 25.9. The minimum atomic E-state index is -4.50. The Balaban J connectivity index is 0.00000147. The average molecular weight is 620 g/mol. The van der Waals surface area contributed by atoms with Crippen molar-refractivity contribution in [3.63, 3.8) is 0 Å². The number of hydrogen-bond acceptors (Lipinski definition) is 6. The number of pyridine rings is 2. The topological polar surface area (TPSA) is 90.2 Å². The van der Waals surface area contributed by atoms with Crippen molar-refractivity contribution < 1.29 is 17.6 Å². The van der Waals surface area contributed by atoms with Crippen molar-refractivity contribution in [3.05, 3.63) is 66.4 Å². The summed E-state index contributed by atoms with van der Waals surface area (Å²) in [5.74, 6) is -0.312. The van der Waals surface area contributed by atoms with Crippen molar-refractivity contribution in [2.24, 2.45) is 12.8 Å². The minimum Gasteiger partial charge on any atom is -0.326 e. The Morgan fingerprint density at radius 3 is 2.40 bits per heavy atom. The van der Waals surface area contributed by atoms with Gasteiger partial charge in [0.25, 0.3) is 0 Å². The fraction of sp³-hybridized carbons (Fsp3) is 0.280. The first-order valence-corrected chi connectivity index (χ1v) is 11.7. The maximum absolute atomic E-state index is 15.5. The van der Waals surface area contributed by atoms with Gasteiger partial charge in [-0.3, -0.25) is 14.0 Å². The number of fused-ring (bicyclic) bond motifs is 2. The van der Waals surface area contributed by atoms with Crippen molar-refractivity contribution >= 4 is 53.8 Å². The lowest BCUT2D eigenvalue weighted by Crippen LogP contribution is -2.38. The molecule has 6 rings (SSSR count). The summed E-state index contributed by atoms with van der Waals surface area (Å²) in [4.78, 5) is 5.84. The standard InChI is InChI=1S/C25H22F4N8.3ClH/c1-35-11-16(10-31-35)18-5-2-14-3-6-19(32-22(14)21(18)26)24-34-33-20-7-4-15(12-37(20)24)23(25(27,28)29)36-9-8-17(30)13-36;;;/h2-7,10-12,17,23H,8-9,13,30H2,1H3;3*1H/t17-,23+;;;/m0.../s1. The highest BCUT2D eigenvalue weighted by molar-refractivity contribution is 5.87. The summed E-state index contributed by atoms with van der Waals surface area (Å²) in [6.07, 6.45) is 0.637. The third kappa shape index (κ3) is 5.59. The van der Waals surface area contributed by atoms with Crippen LogP contribution in [-0.4, -0.2) is 59.6 Å². The number of rotatable bonds is 4. The highest BCUT2D eigenvalue weighted by Gasteiger charge is 2.46. The third-order valence-electron chi connectivity index (χ3n) is 6.72. The predicted octanol–water partition coefficient (Wildman–Crippen LogP) is 5.39. The van der Waals surface area contributed by atoms with E-state index in [4.69, 9.17) is 5.73 Å². The van der Waals surface area contributed by atoms with Crippen LogP contribution < -0.4 is 5.73 Å². The number of nitrogens with zero attached hydrogens (tertiary/aromatic N) is 7. The molecule has 0 bridgehead atoms. The number of aryl methyl sites for hydroxylation is 1. The van der Waals surface area contributed by atoms with Crippen LogP contribution in [0.15, 0.2) is 55.0 Å². The van der Waals surface area contributed by atoms with Crippen LogP contribution in [0.2, 0.25) is 0 Å². The lowest BCUT2D eigenvalue weighted by Gasteiger charge is -2.30. The van der Waals surface area contributed by atoms with Crippen molar-refractivity contribution in [3.8, 4) is 22.6 Å². The maximum Gasteiger partial charge on any atom is 0.408 e. The molecule has 0 radical (unpaired) electrons. The third-order valence-corrected chi connectivity index (χ3v) is 6.72. The summed E-state index contributed by atoms with van der Waals surface area (Å²) in [6.45, 7) is 0.408. The van der Waals surface area contributed by atoms with Gasteiger partial charge >= 0.3 is 6.18 Å². The van der Waals surface area contributed by atoms with Crippen molar-refractivity contribution in [2.45, 2.75) is 24.7 Å². The molecule has 15 heteroatoms. The van der Waals surface area contributed by atoms with Gasteiger partial charge < -0.3 is 5.73 Å². The highest BCUT2D eigenvalue weighted by atomic mass is 35.5. The van der Waals surface area contributed by atoms with E-state index in [2.05, 4.69) is 20.3 Å². The molecule has 8 nitrogen and oxygen atoms in total. The monoisotopic (exact) mass is 618 g/mol. The largest absolute Gasteiger partial charge is 0.408 e. The molecule has 2 atom stereocenters. The summed E-state index contributed by atoms with van der Waals surface area (Å²) in [6, 6.07) is 7.55. The molecule has 1 aliphatic rings. The Bertz CT molecular complexity index is 1640. The van der Waals surface area contributed by atoms with E-state index < -0.39 is 18.0 Å². The Morgan fingerprint density at radius 2 is 1.75 bits per heavy atom. The van der Waals surface area contributed by atoms with Gasteiger partial charge in [-0.1, -0.05) is 24.3 Å². The molecular formula is C25H25Cl3F4N8. The first-order chi connectivity index (χ1) is 17.7. The van der Waals surface area contributed by atoms with Gasteiger partial charge in [-0.15, -0.1) is 47.4 Å². The molecule has 0 aliphatic carbocycles. The molecule has 1 aliphatic heterocycles. The van der Waals surface area contributed by atoms with Gasteiger partial charge in [0.2, 0.25) is 0 Å². The number of hydrogen-bond donors (Lipinski definition) is 1. The van der Waals surface area contributed by atoms with Gasteiger partial charge in [-0.2, -0.15) is 18.3 Å². The number of aromatic nitrogens is 6. The summed E-state index contributed by atoms with van der Waals surface area (Å²) >= 11 is 0. The second kappa shape index (κ2) is 11.8. The molecule has 2 N–H and O–H groups in total. The number of likely N-dealkylation sites (tertiary alicyclic amines) is 1. The van der Waals surface area contributed by atoms with E-state index >= 15 is 4.39 Å². The van der Waals surface area contributed by atoms with Crippen LogP contribution in [0.5, 0.6) is 0 Å². The average Bonchev–Trinajstić information content (AvgIpc) is 3.58. The smallest absolute Gasteiger partial charge is 0.326 e. The lowest BCUT2D eigenvalue weighted by atomic mass is 10.1. The molecule has 5 heterocycles. The SMILES string of the molecule is Cl.Cl.Cl.Cn1cc(-c2ccc3ccc(-c4nnc5ccc([C@@H](N6CC[C@H](N)C6)C(F)(F)F)cn45)nc3c2F)cn1. The van der Waals surface area contributed by atoms with Crippen LogP contribution in [0.1, 0.15) is 18.0 Å². The Labute approximate surface area is 244 Å². The second-order valence-electron chi connectivity index (χ2n) is 9.30. The Kier molecular flexibility index (Phi) is 9.32. The summed E-state index contributed by atoms with van der Waals surface area (Å²) < 4.78 is 61.0. The zero-order valence-electron chi connectivity index (χ0n) is 20.9. The fourth-order valence-corrected chi connectivity index (χ4v) is 4.96. The summed E-state index contributed by atoms with van der Waals surface area (Å²) in [5.41, 5.74) is 7.63. The molecule has 1 fully saturated rings. The molecule has 40 heavy (non-hydrogen) atoms. The number of benzene rings is 1. The number of alkyl halides is 3. The van der Waals surface area contributed by atoms with Crippen LogP contribution in [-0.2, 0) is 7.05 Å². The van der Waals surface area contributed by atoms with Crippen LogP contribution in [0.3, 0.4) is 0 Å². The first kappa shape index (κ1) is 31.5. The molecule has 0 unspecified atom stereocenters. The molecule has 0 saturated carbocycles. The van der Waals surface area contributed by atoms with Crippen LogP contribution in [0.4, 0.5) is 17.6 Å². The second-order valence-corrected chi connectivity index (χ2v) is 9.30. The molecule has 214 valence electrons. The highest BCUT2D eigenvalue weighted by Crippen LogP contribution is 2.39. The van der Waals surface area contributed by atoms with Gasteiger partial charge in [0.1, 0.15) is 17.3 Å². The molecule has 4 aromatic heterocycles. The van der Waals surface area contributed by atoms with Crippen LogP contribution in [0.25, 0.3) is 39.2 Å². The van der Waals surface area contributed by atoms with Gasteiger partial charge in [0.15, 0.2) is 17.3 Å². The lowest BCUT2D eigenvalue weighted by molar-refractivity contribution is -0.183. The van der Waals surface area contributed by atoms with Crippen molar-refractivity contribution in [2.75, 3.05) is 13.1 Å². The summed E-state index contributed by atoms with van der Waals surface area (Å²) in [7, 11) is 1.74. The van der Waals surface area contributed by atoms with Crippen molar-refractivity contribution in [1.29, 1.82) is 0 Å². The van der Waals surface area contributed by atoms with Crippen LogP contribution in [0, 0.1) is 5.82 Å². The minimum absolute atomic E-state index is 0. The van der Waals surface area contributed by atoms with E-state index in [1.165, 1.54) is 27.6 Å². The molecule has 1 saturated heterocycles. The van der Waals surface area contributed by atoms with E-state index in [1.807, 2.05) is 0 Å². The van der Waals surface area contributed by atoms with E-state index in [0.29, 0.717) is 28.6 Å². The molecular weight excluding hydrogens is 595 g/mol. The van der Waals surface area contributed by atoms with Gasteiger partial charge in [0, 0.05) is 55.1 Å². The molecule has 0 amide bonds. The van der Waals surface area contributed by atoms with Gasteiger partial charge in [-0.05, 0) is 24.1 Å². The Hall–Kier alpha value is -3.03. The van der Waals surface area contributed by atoms with Gasteiger partial charge in [-0.25, -0.2) is 9.37 Å². The summed E-state index contributed by atoms with van der Waals surface area (Å²) in [5, 5.41) is 12.9. The normalized spacial score (nSPS) is 16.4. The van der Waals surface area contributed by atoms with E-state index in [1.54, 1.807) is 48.4 Å². The molecule has 0 spiro atoms. The first-order valence-electron chi connectivity index (χ1n) is 11.7. The quantitative estimate of drug-likeness (QED) is 0.272. The molecule has 5 aromatic rings. The van der Waals surface area contributed by atoms with Crippen LogP contribution >= 0.6 is 37.2 Å². The van der Waals surface area contributed by atoms with E-state index in [0.717, 1.165) is 0 Å². The van der Waals surface area contributed by atoms with E-state index in [-0.39, 0.29) is 79.0 Å². The van der Waals surface area contributed by atoms with E-state index in [9.17, 15) is 13.2 Å². The molecule has 1 aromatic carbocycles. The number of halogens is 7. The maximum atomic E-state index is 15.5. The van der Waals surface area contributed by atoms with Gasteiger partial charge in [0.05, 0.1) is 6.20 Å². The fourth-order valence-electron chi connectivity index (χ4n) is 4.96. The Morgan fingerprint density at radius 1 is 1.00 bits per heavy atom. The van der Waals surface area contributed by atoms with Crippen molar-refractivity contribution in [1.82, 2.24) is 34.3 Å².